The number of piperazine rings is 1. The first-order valence-corrected chi connectivity index (χ1v) is 11.7. The van der Waals surface area contributed by atoms with Crippen LogP contribution >= 0.6 is 11.3 Å². The van der Waals surface area contributed by atoms with Crippen LogP contribution in [0.3, 0.4) is 0 Å². The molecule has 2 aromatic rings. The zero-order valence-corrected chi connectivity index (χ0v) is 18.8. The highest BCUT2D eigenvalue weighted by Crippen LogP contribution is 2.41. The largest absolute Gasteiger partial charge is 0.375 e. The average molecular weight is 417 g/mol. The molecule has 1 amide bonds. The number of fused-ring (bicyclic) bond motifs is 3. The molecule has 158 valence electrons. The number of methoxy groups -OCH3 is 1. The molecule has 1 aliphatic heterocycles. The fraction of sp³-hybridized carbons (Fsp3) is 0.682. The van der Waals surface area contributed by atoms with Gasteiger partial charge in [-0.2, -0.15) is 0 Å². The Morgan fingerprint density at radius 3 is 2.72 bits per heavy atom. The molecule has 0 radical (unpaired) electrons. The summed E-state index contributed by atoms with van der Waals surface area (Å²) in [4.78, 5) is 29.2. The van der Waals surface area contributed by atoms with Gasteiger partial charge in [0.05, 0.1) is 5.39 Å². The van der Waals surface area contributed by atoms with Crippen LogP contribution in [0.15, 0.2) is 0 Å². The standard InChI is InChI=1S/C22H32N4O2S/c1-5-15(3)20-23-21(26-10-8-25(9-11-26)18(27)13-28-4)19-16-7-6-14(2)12-17(16)29-22(19)24-20/h14-15H,5-13H2,1-4H3/t14-,15-/m1/s1. The topological polar surface area (TPSA) is 58.6 Å². The van der Waals surface area contributed by atoms with E-state index in [4.69, 9.17) is 14.7 Å². The van der Waals surface area contributed by atoms with Gasteiger partial charge in [0.2, 0.25) is 5.91 Å². The number of hydrogen-bond donors (Lipinski definition) is 0. The molecule has 3 heterocycles. The number of ether oxygens (including phenoxy) is 1. The predicted molar refractivity (Wildman–Crippen MR) is 118 cm³/mol. The van der Waals surface area contributed by atoms with Crippen molar-refractivity contribution >= 4 is 33.3 Å². The minimum absolute atomic E-state index is 0.0715. The number of aromatic nitrogens is 2. The molecule has 1 aliphatic carbocycles. The number of nitrogens with zero attached hydrogens (tertiary/aromatic N) is 4. The lowest BCUT2D eigenvalue weighted by Crippen LogP contribution is -2.50. The van der Waals surface area contributed by atoms with Crippen molar-refractivity contribution in [1.82, 2.24) is 14.9 Å². The van der Waals surface area contributed by atoms with Crippen LogP contribution in [0, 0.1) is 5.92 Å². The SMILES string of the molecule is CC[C@@H](C)c1nc(N2CCN(C(=O)COC)CC2)c2c3c(sc2n1)C[C@H](C)CC3. The van der Waals surface area contributed by atoms with E-state index in [1.54, 1.807) is 7.11 Å². The van der Waals surface area contributed by atoms with Crippen LogP contribution in [-0.2, 0) is 22.4 Å². The summed E-state index contributed by atoms with van der Waals surface area (Å²) in [6.07, 6.45) is 4.56. The fourth-order valence-corrected chi connectivity index (χ4v) is 5.74. The minimum Gasteiger partial charge on any atom is -0.375 e. The van der Waals surface area contributed by atoms with Gasteiger partial charge in [-0.05, 0) is 37.2 Å². The molecule has 6 nitrogen and oxygen atoms in total. The van der Waals surface area contributed by atoms with Crippen molar-refractivity contribution in [2.75, 3.05) is 44.8 Å². The van der Waals surface area contributed by atoms with E-state index >= 15 is 0 Å². The van der Waals surface area contributed by atoms with Gasteiger partial charge < -0.3 is 14.5 Å². The van der Waals surface area contributed by atoms with E-state index in [-0.39, 0.29) is 12.5 Å². The molecular weight excluding hydrogens is 384 g/mol. The number of aryl methyl sites for hydroxylation is 1. The number of rotatable bonds is 5. The number of carbonyl (C=O) groups is 1. The first-order chi connectivity index (χ1) is 14.0. The van der Waals surface area contributed by atoms with Crippen molar-refractivity contribution in [2.24, 2.45) is 5.92 Å². The van der Waals surface area contributed by atoms with Crippen LogP contribution in [0.4, 0.5) is 5.82 Å². The van der Waals surface area contributed by atoms with Crippen molar-refractivity contribution in [1.29, 1.82) is 0 Å². The van der Waals surface area contributed by atoms with Crippen molar-refractivity contribution in [3.05, 3.63) is 16.3 Å². The predicted octanol–water partition coefficient (Wildman–Crippen LogP) is 3.62. The molecule has 2 aliphatic rings. The van der Waals surface area contributed by atoms with Gasteiger partial charge in [-0.15, -0.1) is 11.3 Å². The molecule has 0 bridgehead atoms. The molecule has 2 aromatic heterocycles. The van der Waals surface area contributed by atoms with Crippen LogP contribution in [0.25, 0.3) is 10.2 Å². The van der Waals surface area contributed by atoms with Gasteiger partial charge in [0.1, 0.15) is 23.1 Å². The van der Waals surface area contributed by atoms with Gasteiger partial charge >= 0.3 is 0 Å². The van der Waals surface area contributed by atoms with Crippen LogP contribution < -0.4 is 4.90 Å². The van der Waals surface area contributed by atoms with E-state index in [0.717, 1.165) is 67.8 Å². The van der Waals surface area contributed by atoms with E-state index in [2.05, 4.69) is 25.7 Å². The summed E-state index contributed by atoms with van der Waals surface area (Å²) in [6.45, 7) is 9.96. The Kier molecular flexibility index (Phi) is 6.06. The van der Waals surface area contributed by atoms with Gasteiger partial charge in [-0.1, -0.05) is 20.8 Å². The van der Waals surface area contributed by atoms with Crippen molar-refractivity contribution < 1.29 is 9.53 Å². The Morgan fingerprint density at radius 2 is 2.03 bits per heavy atom. The molecule has 0 spiro atoms. The Balaban J connectivity index is 1.70. The number of hydrogen-bond acceptors (Lipinski definition) is 6. The molecule has 1 fully saturated rings. The van der Waals surface area contributed by atoms with Crippen molar-refractivity contribution in [2.45, 2.75) is 52.4 Å². The fourth-order valence-electron chi connectivity index (χ4n) is 4.35. The summed E-state index contributed by atoms with van der Waals surface area (Å²) in [5, 5.41) is 1.28. The number of carbonyl (C=O) groups excluding carboxylic acids is 1. The van der Waals surface area contributed by atoms with Crippen LogP contribution in [0.1, 0.15) is 55.8 Å². The molecule has 1 saturated heterocycles. The second-order valence-electron chi connectivity index (χ2n) is 8.55. The molecule has 0 unspecified atom stereocenters. The Morgan fingerprint density at radius 1 is 1.28 bits per heavy atom. The molecule has 29 heavy (non-hydrogen) atoms. The molecule has 2 atom stereocenters. The third-order valence-corrected chi connectivity index (χ3v) is 7.55. The van der Waals surface area contributed by atoms with E-state index in [9.17, 15) is 4.79 Å². The molecule has 7 heteroatoms. The van der Waals surface area contributed by atoms with Gasteiger partial charge in [0, 0.05) is 44.1 Å². The number of thiophene rings is 1. The van der Waals surface area contributed by atoms with Gasteiger partial charge in [-0.3, -0.25) is 4.79 Å². The van der Waals surface area contributed by atoms with Gasteiger partial charge in [-0.25, -0.2) is 9.97 Å². The first kappa shape index (κ1) is 20.5. The van der Waals surface area contributed by atoms with Crippen LogP contribution in [0.2, 0.25) is 0 Å². The lowest BCUT2D eigenvalue weighted by molar-refractivity contribution is -0.135. The zero-order chi connectivity index (χ0) is 20.5. The minimum atomic E-state index is 0.0715. The lowest BCUT2D eigenvalue weighted by Gasteiger charge is -2.36. The molecular formula is C22H32N4O2S. The van der Waals surface area contributed by atoms with Crippen LogP contribution in [-0.4, -0.2) is 60.7 Å². The average Bonchev–Trinajstić information content (AvgIpc) is 3.10. The summed E-state index contributed by atoms with van der Waals surface area (Å²) in [5.74, 6) is 3.22. The molecule has 0 saturated carbocycles. The van der Waals surface area contributed by atoms with E-state index in [1.807, 2.05) is 16.2 Å². The number of anilines is 1. The van der Waals surface area contributed by atoms with E-state index < -0.39 is 0 Å². The summed E-state index contributed by atoms with van der Waals surface area (Å²) >= 11 is 1.88. The third kappa shape index (κ3) is 3.99. The van der Waals surface area contributed by atoms with Gasteiger partial charge in [0.15, 0.2) is 0 Å². The second kappa shape index (κ2) is 8.56. The lowest BCUT2D eigenvalue weighted by atomic mass is 9.89. The van der Waals surface area contributed by atoms with Crippen molar-refractivity contribution in [3.63, 3.8) is 0 Å². The summed E-state index contributed by atoms with van der Waals surface area (Å²) in [5.41, 5.74) is 1.48. The maximum Gasteiger partial charge on any atom is 0.248 e. The Hall–Kier alpha value is -1.73. The second-order valence-corrected chi connectivity index (χ2v) is 9.63. The normalized spacial score (nSPS) is 20.8. The molecule has 0 N–H and O–H groups in total. The Labute approximate surface area is 177 Å². The zero-order valence-electron chi connectivity index (χ0n) is 18.0. The summed E-state index contributed by atoms with van der Waals surface area (Å²) in [7, 11) is 1.57. The maximum atomic E-state index is 12.2. The Bertz CT molecular complexity index is 889. The monoisotopic (exact) mass is 416 g/mol. The molecule has 4 rings (SSSR count). The van der Waals surface area contributed by atoms with Crippen molar-refractivity contribution in [3.8, 4) is 0 Å². The van der Waals surface area contributed by atoms with Crippen LogP contribution in [0.5, 0.6) is 0 Å². The van der Waals surface area contributed by atoms with E-state index in [1.165, 1.54) is 22.2 Å². The van der Waals surface area contributed by atoms with Gasteiger partial charge in [0.25, 0.3) is 0 Å². The number of amides is 1. The highest BCUT2D eigenvalue weighted by Gasteiger charge is 2.29. The first-order valence-electron chi connectivity index (χ1n) is 10.9. The smallest absolute Gasteiger partial charge is 0.248 e. The molecule has 0 aromatic carbocycles. The summed E-state index contributed by atoms with van der Waals surface area (Å²) < 4.78 is 5.02. The maximum absolute atomic E-state index is 12.2. The summed E-state index contributed by atoms with van der Waals surface area (Å²) in [6, 6.07) is 0. The quantitative estimate of drug-likeness (QED) is 0.745. The highest BCUT2D eigenvalue weighted by atomic mass is 32.1. The third-order valence-electron chi connectivity index (χ3n) is 6.41. The highest BCUT2D eigenvalue weighted by molar-refractivity contribution is 7.19. The van der Waals surface area contributed by atoms with E-state index in [0.29, 0.717) is 5.92 Å².